The van der Waals surface area contributed by atoms with Crippen molar-refractivity contribution in [2.45, 2.75) is 45.1 Å². The van der Waals surface area contributed by atoms with Crippen molar-refractivity contribution in [1.82, 2.24) is 5.32 Å². The third-order valence-corrected chi connectivity index (χ3v) is 3.56. The van der Waals surface area contributed by atoms with Gasteiger partial charge in [0.25, 0.3) is 0 Å². The van der Waals surface area contributed by atoms with Crippen LogP contribution < -0.4 is 10.1 Å². The number of rotatable bonds is 4. The average molecular weight is 233 g/mol. The Bertz CT molecular complexity index is 367. The molecule has 1 heterocycles. The standard InChI is InChI=1S/C15H23NO/c1-11(2)14-7-6-12(10-15(14)17-3)9-13-5-4-8-16-13/h6-7,10-11,13,16H,4-5,8-9H2,1-3H3. The fourth-order valence-corrected chi connectivity index (χ4v) is 2.57. The fraction of sp³-hybridized carbons (Fsp3) is 0.600. The average Bonchev–Trinajstić information content (AvgIpc) is 2.81. The van der Waals surface area contributed by atoms with Gasteiger partial charge in [-0.25, -0.2) is 0 Å². The third-order valence-electron chi connectivity index (χ3n) is 3.56. The summed E-state index contributed by atoms with van der Waals surface area (Å²) in [5.41, 5.74) is 2.68. The van der Waals surface area contributed by atoms with Gasteiger partial charge in [0.15, 0.2) is 0 Å². The molecule has 94 valence electrons. The zero-order valence-electron chi connectivity index (χ0n) is 11.1. The van der Waals surface area contributed by atoms with E-state index in [-0.39, 0.29) is 0 Å². The maximum atomic E-state index is 5.49. The zero-order chi connectivity index (χ0) is 12.3. The van der Waals surface area contributed by atoms with E-state index in [1.807, 2.05) is 0 Å². The van der Waals surface area contributed by atoms with Gasteiger partial charge in [0, 0.05) is 6.04 Å². The third kappa shape index (κ3) is 3.01. The maximum absolute atomic E-state index is 5.49. The lowest BCUT2D eigenvalue weighted by Gasteiger charge is -2.15. The molecule has 1 N–H and O–H groups in total. The topological polar surface area (TPSA) is 21.3 Å². The van der Waals surface area contributed by atoms with Gasteiger partial charge in [0.1, 0.15) is 5.75 Å². The quantitative estimate of drug-likeness (QED) is 0.862. The fourth-order valence-electron chi connectivity index (χ4n) is 2.57. The lowest BCUT2D eigenvalue weighted by molar-refractivity contribution is 0.406. The lowest BCUT2D eigenvalue weighted by atomic mass is 9.97. The summed E-state index contributed by atoms with van der Waals surface area (Å²) >= 11 is 0. The molecule has 0 bridgehead atoms. The Morgan fingerprint density at radius 2 is 2.24 bits per heavy atom. The molecule has 1 fully saturated rings. The molecule has 2 nitrogen and oxygen atoms in total. The normalized spacial score (nSPS) is 19.9. The second-order valence-electron chi connectivity index (χ2n) is 5.23. The summed E-state index contributed by atoms with van der Waals surface area (Å²) in [7, 11) is 1.76. The molecule has 1 saturated heterocycles. The van der Waals surface area contributed by atoms with E-state index in [1.165, 1.54) is 30.5 Å². The van der Waals surface area contributed by atoms with Crippen molar-refractivity contribution in [3.63, 3.8) is 0 Å². The number of benzene rings is 1. The van der Waals surface area contributed by atoms with Crippen LogP contribution in [0.1, 0.15) is 43.7 Å². The second-order valence-corrected chi connectivity index (χ2v) is 5.23. The highest BCUT2D eigenvalue weighted by Gasteiger charge is 2.15. The van der Waals surface area contributed by atoms with Crippen molar-refractivity contribution in [1.29, 1.82) is 0 Å². The van der Waals surface area contributed by atoms with Crippen LogP contribution in [0, 0.1) is 0 Å². The monoisotopic (exact) mass is 233 g/mol. The van der Waals surface area contributed by atoms with Crippen LogP contribution in [0.5, 0.6) is 5.75 Å². The van der Waals surface area contributed by atoms with E-state index < -0.39 is 0 Å². The molecule has 0 spiro atoms. The Morgan fingerprint density at radius 1 is 1.41 bits per heavy atom. The molecule has 0 aromatic heterocycles. The van der Waals surface area contributed by atoms with Gasteiger partial charge in [-0.1, -0.05) is 26.0 Å². The first-order chi connectivity index (χ1) is 8.20. The molecule has 0 amide bonds. The summed E-state index contributed by atoms with van der Waals surface area (Å²) < 4.78 is 5.49. The van der Waals surface area contributed by atoms with Crippen LogP contribution >= 0.6 is 0 Å². The molecule has 0 radical (unpaired) electrons. The Kier molecular flexibility index (Phi) is 4.06. The molecule has 1 unspecified atom stereocenters. The van der Waals surface area contributed by atoms with E-state index in [0.717, 1.165) is 12.2 Å². The minimum Gasteiger partial charge on any atom is -0.496 e. The summed E-state index contributed by atoms with van der Waals surface area (Å²) in [6, 6.07) is 7.32. The summed E-state index contributed by atoms with van der Waals surface area (Å²) in [4.78, 5) is 0. The first kappa shape index (κ1) is 12.4. The van der Waals surface area contributed by atoms with E-state index in [2.05, 4.69) is 37.4 Å². The molecule has 2 heteroatoms. The van der Waals surface area contributed by atoms with Gasteiger partial charge in [-0.3, -0.25) is 0 Å². The van der Waals surface area contributed by atoms with Gasteiger partial charge in [-0.2, -0.15) is 0 Å². The summed E-state index contributed by atoms with van der Waals surface area (Å²) in [6.07, 6.45) is 3.73. The van der Waals surface area contributed by atoms with Crippen molar-refractivity contribution in [3.8, 4) is 5.75 Å². The minimum atomic E-state index is 0.517. The molecule has 17 heavy (non-hydrogen) atoms. The highest BCUT2D eigenvalue weighted by molar-refractivity contribution is 5.39. The van der Waals surface area contributed by atoms with Crippen LogP contribution in [-0.4, -0.2) is 19.7 Å². The predicted molar refractivity (Wildman–Crippen MR) is 71.8 cm³/mol. The van der Waals surface area contributed by atoms with Crippen LogP contribution in [-0.2, 0) is 6.42 Å². The van der Waals surface area contributed by atoms with Crippen LogP contribution in [0.4, 0.5) is 0 Å². The van der Waals surface area contributed by atoms with E-state index in [4.69, 9.17) is 4.74 Å². The van der Waals surface area contributed by atoms with Gasteiger partial charge >= 0.3 is 0 Å². The number of hydrogen-bond donors (Lipinski definition) is 1. The summed E-state index contributed by atoms with van der Waals surface area (Å²) in [6.45, 7) is 5.58. The van der Waals surface area contributed by atoms with Crippen LogP contribution in [0.2, 0.25) is 0 Å². The first-order valence-corrected chi connectivity index (χ1v) is 6.61. The van der Waals surface area contributed by atoms with Gasteiger partial charge in [-0.05, 0) is 48.9 Å². The molecular weight excluding hydrogens is 210 g/mol. The number of nitrogens with one attached hydrogen (secondary N) is 1. The van der Waals surface area contributed by atoms with Crippen molar-refractivity contribution in [2.75, 3.05) is 13.7 Å². The number of hydrogen-bond acceptors (Lipinski definition) is 2. The van der Waals surface area contributed by atoms with Crippen molar-refractivity contribution < 1.29 is 4.74 Å². The number of methoxy groups -OCH3 is 1. The van der Waals surface area contributed by atoms with Crippen molar-refractivity contribution in [3.05, 3.63) is 29.3 Å². The summed E-state index contributed by atoms with van der Waals surface area (Å²) in [5, 5.41) is 3.54. The highest BCUT2D eigenvalue weighted by Crippen LogP contribution is 2.28. The Balaban J connectivity index is 2.13. The molecule has 1 aliphatic rings. The van der Waals surface area contributed by atoms with Crippen LogP contribution in [0.3, 0.4) is 0 Å². The molecule has 0 saturated carbocycles. The van der Waals surface area contributed by atoms with E-state index in [0.29, 0.717) is 12.0 Å². The maximum Gasteiger partial charge on any atom is 0.122 e. The summed E-state index contributed by atoms with van der Waals surface area (Å²) in [5.74, 6) is 1.55. The van der Waals surface area contributed by atoms with Gasteiger partial charge < -0.3 is 10.1 Å². The molecular formula is C15H23NO. The lowest BCUT2D eigenvalue weighted by Crippen LogP contribution is -2.23. The Labute approximate surface area is 104 Å². The highest BCUT2D eigenvalue weighted by atomic mass is 16.5. The molecule has 1 aromatic rings. The Morgan fingerprint density at radius 3 is 2.82 bits per heavy atom. The second kappa shape index (κ2) is 5.54. The largest absolute Gasteiger partial charge is 0.496 e. The van der Waals surface area contributed by atoms with Gasteiger partial charge in [-0.15, -0.1) is 0 Å². The van der Waals surface area contributed by atoms with Gasteiger partial charge in [0.2, 0.25) is 0 Å². The van der Waals surface area contributed by atoms with Crippen LogP contribution in [0.15, 0.2) is 18.2 Å². The molecule has 1 atom stereocenters. The predicted octanol–water partition coefficient (Wildman–Crippen LogP) is 3.11. The van der Waals surface area contributed by atoms with E-state index in [9.17, 15) is 0 Å². The molecule has 2 rings (SSSR count). The van der Waals surface area contributed by atoms with Crippen molar-refractivity contribution >= 4 is 0 Å². The Hall–Kier alpha value is -1.02. The SMILES string of the molecule is COc1cc(CC2CCCN2)ccc1C(C)C. The van der Waals surface area contributed by atoms with Crippen LogP contribution in [0.25, 0.3) is 0 Å². The van der Waals surface area contributed by atoms with Crippen molar-refractivity contribution in [2.24, 2.45) is 0 Å². The molecule has 0 aliphatic carbocycles. The molecule has 1 aromatic carbocycles. The first-order valence-electron chi connectivity index (χ1n) is 6.61. The minimum absolute atomic E-state index is 0.517. The van der Waals surface area contributed by atoms with E-state index in [1.54, 1.807) is 7.11 Å². The molecule has 1 aliphatic heterocycles. The van der Waals surface area contributed by atoms with E-state index >= 15 is 0 Å². The number of ether oxygens (including phenoxy) is 1. The van der Waals surface area contributed by atoms with Gasteiger partial charge in [0.05, 0.1) is 7.11 Å². The zero-order valence-corrected chi connectivity index (χ0v) is 11.1. The smallest absolute Gasteiger partial charge is 0.122 e.